The Morgan fingerprint density at radius 1 is 1.50 bits per heavy atom. The standard InChI is InChI=1S/C12H17N3O3/c1-8-7-14-11(18-2)9(10(8)16)12(17)15-5-3-13-4-6-15/h7,13H,3-6H2,1-2H3,(H,14,16). The number of aromatic nitrogens is 1. The van der Waals surface area contributed by atoms with E-state index in [4.69, 9.17) is 4.74 Å². The van der Waals surface area contributed by atoms with E-state index in [0.29, 0.717) is 18.7 Å². The summed E-state index contributed by atoms with van der Waals surface area (Å²) in [6.07, 6.45) is 1.49. The molecule has 6 nitrogen and oxygen atoms in total. The molecule has 0 atom stereocenters. The molecule has 0 aromatic carbocycles. The van der Waals surface area contributed by atoms with Crippen molar-refractivity contribution in [3.8, 4) is 11.6 Å². The van der Waals surface area contributed by atoms with E-state index in [0.717, 1.165) is 13.1 Å². The average molecular weight is 251 g/mol. The van der Waals surface area contributed by atoms with Gasteiger partial charge in [-0.25, -0.2) is 4.98 Å². The average Bonchev–Trinajstić information content (AvgIpc) is 2.42. The number of carbonyl (C=O) groups excluding carboxylic acids is 1. The van der Waals surface area contributed by atoms with Gasteiger partial charge in [-0.1, -0.05) is 0 Å². The first-order chi connectivity index (χ1) is 8.65. The second-order valence-electron chi connectivity index (χ2n) is 4.22. The van der Waals surface area contributed by atoms with Crippen molar-refractivity contribution in [1.82, 2.24) is 15.2 Å². The van der Waals surface area contributed by atoms with Crippen molar-refractivity contribution >= 4 is 5.91 Å². The van der Waals surface area contributed by atoms with Crippen molar-refractivity contribution in [1.29, 1.82) is 0 Å². The molecule has 18 heavy (non-hydrogen) atoms. The van der Waals surface area contributed by atoms with Crippen molar-refractivity contribution in [2.75, 3.05) is 33.3 Å². The lowest BCUT2D eigenvalue weighted by atomic mass is 10.1. The normalized spacial score (nSPS) is 15.6. The van der Waals surface area contributed by atoms with Crippen molar-refractivity contribution in [2.24, 2.45) is 0 Å². The molecule has 1 fully saturated rings. The maximum Gasteiger partial charge on any atom is 0.263 e. The minimum absolute atomic E-state index is 0.0506. The third-order valence-electron chi connectivity index (χ3n) is 3.01. The van der Waals surface area contributed by atoms with E-state index in [1.54, 1.807) is 11.8 Å². The number of rotatable bonds is 2. The van der Waals surface area contributed by atoms with Crippen LogP contribution in [0.1, 0.15) is 15.9 Å². The Bertz CT molecular complexity index is 456. The fourth-order valence-corrected chi connectivity index (χ4v) is 1.95. The van der Waals surface area contributed by atoms with Gasteiger partial charge in [-0.15, -0.1) is 0 Å². The van der Waals surface area contributed by atoms with Gasteiger partial charge in [-0.2, -0.15) is 0 Å². The van der Waals surface area contributed by atoms with Gasteiger partial charge in [0.05, 0.1) is 7.11 Å². The molecule has 1 amide bonds. The molecule has 0 bridgehead atoms. The van der Waals surface area contributed by atoms with E-state index < -0.39 is 0 Å². The Morgan fingerprint density at radius 3 is 2.78 bits per heavy atom. The predicted molar refractivity (Wildman–Crippen MR) is 66.0 cm³/mol. The number of aryl methyl sites for hydroxylation is 1. The van der Waals surface area contributed by atoms with Gasteiger partial charge < -0.3 is 20.1 Å². The van der Waals surface area contributed by atoms with Crippen LogP contribution in [-0.2, 0) is 0 Å². The molecule has 1 saturated heterocycles. The smallest absolute Gasteiger partial charge is 0.263 e. The van der Waals surface area contributed by atoms with Crippen LogP contribution in [0.15, 0.2) is 6.20 Å². The number of nitrogens with zero attached hydrogens (tertiary/aromatic N) is 2. The summed E-state index contributed by atoms with van der Waals surface area (Å²) in [4.78, 5) is 18.1. The third-order valence-corrected chi connectivity index (χ3v) is 3.01. The van der Waals surface area contributed by atoms with Crippen LogP contribution in [-0.4, -0.2) is 54.2 Å². The van der Waals surface area contributed by atoms with Crippen molar-refractivity contribution in [3.63, 3.8) is 0 Å². The molecule has 0 unspecified atom stereocenters. The number of pyridine rings is 1. The zero-order valence-electron chi connectivity index (χ0n) is 10.6. The van der Waals surface area contributed by atoms with Gasteiger partial charge in [0, 0.05) is 37.9 Å². The summed E-state index contributed by atoms with van der Waals surface area (Å²) in [5.41, 5.74) is 0.716. The van der Waals surface area contributed by atoms with E-state index in [1.165, 1.54) is 13.3 Å². The van der Waals surface area contributed by atoms with E-state index in [2.05, 4.69) is 10.3 Å². The Morgan fingerprint density at radius 2 is 2.17 bits per heavy atom. The Balaban J connectivity index is 2.36. The maximum atomic E-state index is 12.4. The lowest BCUT2D eigenvalue weighted by Crippen LogP contribution is -2.46. The topological polar surface area (TPSA) is 74.7 Å². The largest absolute Gasteiger partial charge is 0.507 e. The van der Waals surface area contributed by atoms with Gasteiger partial charge in [0.25, 0.3) is 5.91 Å². The SMILES string of the molecule is COc1ncc(C)c(O)c1C(=O)N1CCNCC1. The van der Waals surface area contributed by atoms with Gasteiger partial charge in [0.15, 0.2) is 0 Å². The zero-order valence-corrected chi connectivity index (χ0v) is 10.6. The Kier molecular flexibility index (Phi) is 3.66. The molecule has 1 aromatic rings. The minimum atomic E-state index is -0.234. The molecular weight excluding hydrogens is 234 g/mol. The number of ether oxygens (including phenoxy) is 1. The van der Waals surface area contributed by atoms with Crippen LogP contribution in [0.25, 0.3) is 0 Å². The van der Waals surface area contributed by atoms with Gasteiger partial charge in [0.1, 0.15) is 11.3 Å². The molecule has 1 aliphatic rings. The van der Waals surface area contributed by atoms with Gasteiger partial charge in [0.2, 0.25) is 5.88 Å². The second-order valence-corrected chi connectivity index (χ2v) is 4.22. The summed E-state index contributed by atoms with van der Waals surface area (Å²) in [6.45, 7) is 4.46. The van der Waals surface area contributed by atoms with E-state index >= 15 is 0 Å². The van der Waals surface area contributed by atoms with Gasteiger partial charge in [-0.05, 0) is 6.92 Å². The molecule has 2 heterocycles. The Labute approximate surface area is 106 Å². The van der Waals surface area contributed by atoms with Crippen LogP contribution in [0.3, 0.4) is 0 Å². The quantitative estimate of drug-likeness (QED) is 0.782. The van der Waals surface area contributed by atoms with E-state index in [1.807, 2.05) is 0 Å². The summed E-state index contributed by atoms with van der Waals surface area (Å²) in [5, 5.41) is 13.2. The number of hydrogen-bond acceptors (Lipinski definition) is 5. The molecule has 0 radical (unpaired) electrons. The number of aromatic hydroxyl groups is 1. The van der Waals surface area contributed by atoms with Gasteiger partial charge >= 0.3 is 0 Å². The summed E-state index contributed by atoms with van der Waals surface area (Å²) in [6, 6.07) is 0. The highest BCUT2D eigenvalue weighted by Crippen LogP contribution is 2.29. The zero-order chi connectivity index (χ0) is 13.1. The highest BCUT2D eigenvalue weighted by Gasteiger charge is 2.26. The van der Waals surface area contributed by atoms with Crippen LogP contribution in [0.5, 0.6) is 11.6 Å². The molecular formula is C12H17N3O3. The van der Waals surface area contributed by atoms with E-state index in [9.17, 15) is 9.90 Å². The highest BCUT2D eigenvalue weighted by molar-refractivity contribution is 5.99. The monoisotopic (exact) mass is 251 g/mol. The van der Waals surface area contributed by atoms with Crippen molar-refractivity contribution in [2.45, 2.75) is 6.92 Å². The molecule has 0 saturated carbocycles. The number of carbonyl (C=O) groups is 1. The number of nitrogens with one attached hydrogen (secondary N) is 1. The fraction of sp³-hybridized carbons (Fsp3) is 0.500. The molecule has 98 valence electrons. The molecule has 2 rings (SSSR count). The lowest BCUT2D eigenvalue weighted by Gasteiger charge is -2.28. The predicted octanol–water partition coefficient (Wildman–Crippen LogP) is 0.150. The van der Waals surface area contributed by atoms with E-state index in [-0.39, 0.29) is 23.1 Å². The summed E-state index contributed by atoms with van der Waals surface area (Å²) in [5.74, 6) is -0.117. The highest BCUT2D eigenvalue weighted by atomic mass is 16.5. The first-order valence-electron chi connectivity index (χ1n) is 5.87. The fourth-order valence-electron chi connectivity index (χ4n) is 1.95. The second kappa shape index (κ2) is 5.22. The maximum absolute atomic E-state index is 12.4. The molecule has 0 aliphatic carbocycles. The van der Waals surface area contributed by atoms with Crippen LogP contribution in [0.4, 0.5) is 0 Å². The van der Waals surface area contributed by atoms with Crippen LogP contribution >= 0.6 is 0 Å². The molecule has 6 heteroatoms. The molecule has 1 aliphatic heterocycles. The van der Waals surface area contributed by atoms with Crippen LogP contribution < -0.4 is 10.1 Å². The third kappa shape index (κ3) is 2.24. The Hall–Kier alpha value is -1.82. The lowest BCUT2D eigenvalue weighted by molar-refractivity contribution is 0.0728. The number of piperazine rings is 1. The van der Waals surface area contributed by atoms with Crippen LogP contribution in [0, 0.1) is 6.92 Å². The summed E-state index contributed by atoms with van der Waals surface area (Å²) < 4.78 is 5.06. The number of amides is 1. The summed E-state index contributed by atoms with van der Waals surface area (Å²) >= 11 is 0. The number of hydrogen-bond donors (Lipinski definition) is 2. The minimum Gasteiger partial charge on any atom is -0.507 e. The molecule has 0 spiro atoms. The van der Waals surface area contributed by atoms with Crippen molar-refractivity contribution in [3.05, 3.63) is 17.3 Å². The van der Waals surface area contributed by atoms with Gasteiger partial charge in [-0.3, -0.25) is 4.79 Å². The molecule has 1 aromatic heterocycles. The van der Waals surface area contributed by atoms with Crippen molar-refractivity contribution < 1.29 is 14.6 Å². The van der Waals surface area contributed by atoms with Crippen LogP contribution in [0.2, 0.25) is 0 Å². The first kappa shape index (κ1) is 12.6. The summed E-state index contributed by atoms with van der Waals surface area (Å²) in [7, 11) is 1.44. The molecule has 2 N–H and O–H groups in total. The number of methoxy groups -OCH3 is 1. The first-order valence-corrected chi connectivity index (χ1v) is 5.87.